The van der Waals surface area contributed by atoms with Crippen LogP contribution in [-0.4, -0.2) is 47.5 Å². The zero-order valence-electron chi connectivity index (χ0n) is 24.0. The molecule has 0 aromatic heterocycles. The fraction of sp³-hybridized carbons (Fsp3) is 0.690. The van der Waals surface area contributed by atoms with Crippen molar-refractivity contribution in [3.8, 4) is 0 Å². The number of ether oxygens (including phenoxy) is 1. The summed E-state index contributed by atoms with van der Waals surface area (Å²) in [6.07, 6.45) is 3.46. The number of hydrogen-bond donors (Lipinski definition) is 2. The predicted octanol–water partition coefficient (Wildman–Crippen LogP) is 5.83. The molecule has 2 unspecified atom stereocenters. The zero-order chi connectivity index (χ0) is 27.5. The van der Waals surface area contributed by atoms with E-state index in [1.807, 2.05) is 52.8 Å². The summed E-state index contributed by atoms with van der Waals surface area (Å²) in [6.45, 7) is 18.4. The lowest BCUT2D eigenvalue weighted by molar-refractivity contribution is -0.142. The molecule has 0 aliphatic heterocycles. The largest absolute Gasteiger partial charge is 0.444 e. The minimum Gasteiger partial charge on any atom is -0.444 e. The maximum atomic E-state index is 14.0. The van der Waals surface area contributed by atoms with Crippen molar-refractivity contribution in [2.75, 3.05) is 13.1 Å². The maximum absolute atomic E-state index is 14.0. The van der Waals surface area contributed by atoms with Gasteiger partial charge >= 0.3 is 6.09 Å². The van der Waals surface area contributed by atoms with Crippen LogP contribution >= 0.6 is 0 Å². The van der Waals surface area contributed by atoms with Crippen LogP contribution in [0.4, 0.5) is 4.79 Å². The lowest BCUT2D eigenvalue weighted by Crippen LogP contribution is -2.53. The molecule has 1 rings (SSSR count). The molecule has 36 heavy (non-hydrogen) atoms. The van der Waals surface area contributed by atoms with Gasteiger partial charge in [-0.1, -0.05) is 58.7 Å². The average molecular weight is 504 g/mol. The van der Waals surface area contributed by atoms with Gasteiger partial charge in [-0.05, 0) is 76.5 Å². The molecule has 0 bridgehead atoms. The van der Waals surface area contributed by atoms with Crippen LogP contribution in [0, 0.1) is 19.8 Å². The van der Waals surface area contributed by atoms with Crippen molar-refractivity contribution in [2.24, 2.45) is 5.92 Å². The van der Waals surface area contributed by atoms with E-state index in [-0.39, 0.29) is 17.7 Å². The number of alkyl carbamates (subject to hydrolysis) is 1. The molecule has 0 saturated carbocycles. The second-order valence-electron chi connectivity index (χ2n) is 11.1. The maximum Gasteiger partial charge on any atom is 0.408 e. The van der Waals surface area contributed by atoms with E-state index >= 15 is 0 Å². The smallest absolute Gasteiger partial charge is 0.408 e. The van der Waals surface area contributed by atoms with E-state index in [1.165, 1.54) is 0 Å². The summed E-state index contributed by atoms with van der Waals surface area (Å²) in [6, 6.07) is 4.32. The summed E-state index contributed by atoms with van der Waals surface area (Å²) in [7, 11) is 0. The quantitative estimate of drug-likeness (QED) is 0.332. The minimum absolute atomic E-state index is 0.153. The Hall–Kier alpha value is -2.57. The van der Waals surface area contributed by atoms with Crippen LogP contribution in [0.15, 0.2) is 18.2 Å². The fourth-order valence-corrected chi connectivity index (χ4v) is 4.04. The highest BCUT2D eigenvalue weighted by molar-refractivity contribution is 5.92. The summed E-state index contributed by atoms with van der Waals surface area (Å²) in [5.74, 6) is -0.319. The monoisotopic (exact) mass is 503 g/mol. The van der Waals surface area contributed by atoms with Gasteiger partial charge in [-0.15, -0.1) is 0 Å². The molecule has 0 fully saturated rings. The molecule has 0 aliphatic carbocycles. The van der Waals surface area contributed by atoms with Crippen molar-refractivity contribution in [1.29, 1.82) is 0 Å². The normalized spacial score (nSPS) is 13.2. The Balaban J connectivity index is 3.40. The first kappa shape index (κ1) is 31.5. The number of carbonyl (C=O) groups is 3. The number of nitrogens with one attached hydrogen (secondary N) is 2. The summed E-state index contributed by atoms with van der Waals surface area (Å²) in [4.78, 5) is 41.8. The summed E-state index contributed by atoms with van der Waals surface area (Å²) >= 11 is 0. The van der Waals surface area contributed by atoms with Crippen molar-refractivity contribution in [1.82, 2.24) is 15.5 Å². The SMILES string of the molecule is CCCCCNC(=O)C(c1ccc(C)c(C)c1)N(CCC)C(=O)C(CC(C)C)NC(=O)OC(C)(C)C. The van der Waals surface area contributed by atoms with Gasteiger partial charge in [0, 0.05) is 13.1 Å². The molecular formula is C29H49N3O4. The molecule has 0 heterocycles. The number of hydrogen-bond acceptors (Lipinski definition) is 4. The lowest BCUT2D eigenvalue weighted by atomic mass is 9.96. The van der Waals surface area contributed by atoms with Gasteiger partial charge in [0.2, 0.25) is 11.8 Å². The first-order chi connectivity index (χ1) is 16.8. The van der Waals surface area contributed by atoms with E-state index < -0.39 is 23.8 Å². The number of carbonyl (C=O) groups excluding carboxylic acids is 3. The molecule has 0 spiro atoms. The third-order valence-electron chi connectivity index (χ3n) is 5.93. The highest BCUT2D eigenvalue weighted by Crippen LogP contribution is 2.26. The topological polar surface area (TPSA) is 87.7 Å². The molecule has 0 aliphatic rings. The highest BCUT2D eigenvalue weighted by atomic mass is 16.6. The minimum atomic E-state index is -0.798. The fourth-order valence-electron chi connectivity index (χ4n) is 4.04. The van der Waals surface area contributed by atoms with E-state index in [4.69, 9.17) is 4.74 Å². The second-order valence-corrected chi connectivity index (χ2v) is 11.1. The summed E-state index contributed by atoms with van der Waals surface area (Å²) in [5, 5.41) is 5.84. The van der Waals surface area contributed by atoms with Crippen molar-refractivity contribution in [2.45, 2.75) is 112 Å². The molecule has 204 valence electrons. The van der Waals surface area contributed by atoms with Gasteiger partial charge in [0.05, 0.1) is 0 Å². The second kappa shape index (κ2) is 14.9. The van der Waals surface area contributed by atoms with E-state index in [1.54, 1.807) is 25.7 Å². The van der Waals surface area contributed by atoms with Gasteiger partial charge in [0.1, 0.15) is 17.7 Å². The van der Waals surface area contributed by atoms with Gasteiger partial charge in [-0.3, -0.25) is 9.59 Å². The number of aryl methyl sites for hydroxylation is 2. The predicted molar refractivity (Wildman–Crippen MR) is 146 cm³/mol. The number of nitrogens with zero attached hydrogens (tertiary/aromatic N) is 1. The van der Waals surface area contributed by atoms with E-state index in [9.17, 15) is 14.4 Å². The first-order valence-corrected chi connectivity index (χ1v) is 13.5. The zero-order valence-corrected chi connectivity index (χ0v) is 24.0. The van der Waals surface area contributed by atoms with Gasteiger partial charge in [-0.2, -0.15) is 0 Å². The Labute approximate surface area is 218 Å². The van der Waals surface area contributed by atoms with Crippen LogP contribution in [0.25, 0.3) is 0 Å². The number of rotatable bonds is 13. The summed E-state index contributed by atoms with van der Waals surface area (Å²) in [5.41, 5.74) is 2.27. The molecule has 7 nitrogen and oxygen atoms in total. The average Bonchev–Trinajstić information content (AvgIpc) is 2.76. The van der Waals surface area contributed by atoms with Crippen LogP contribution < -0.4 is 10.6 Å². The highest BCUT2D eigenvalue weighted by Gasteiger charge is 2.36. The molecule has 2 atom stereocenters. The Morgan fingerprint density at radius 3 is 2.19 bits per heavy atom. The number of amides is 3. The van der Waals surface area contributed by atoms with Crippen molar-refractivity contribution < 1.29 is 19.1 Å². The van der Waals surface area contributed by atoms with Crippen LogP contribution in [0.3, 0.4) is 0 Å². The molecule has 0 radical (unpaired) electrons. The Morgan fingerprint density at radius 1 is 1.00 bits per heavy atom. The standard InChI is InChI=1S/C29H49N3O4/c1-10-12-13-16-30-26(33)25(23-15-14-21(5)22(6)19-23)32(17-11-2)27(34)24(18-20(3)4)31-28(35)36-29(7,8)9/h14-15,19-20,24-25H,10-13,16-18H2,1-9H3,(H,30,33)(H,31,35). The number of benzene rings is 1. The molecule has 7 heteroatoms. The molecule has 2 N–H and O–H groups in total. The van der Waals surface area contributed by atoms with Gasteiger partial charge in [0.15, 0.2) is 0 Å². The molecule has 1 aromatic rings. The van der Waals surface area contributed by atoms with Crippen LogP contribution in [0.5, 0.6) is 0 Å². The Kier molecular flexibility index (Phi) is 13.0. The molecule has 1 aromatic carbocycles. The Morgan fingerprint density at radius 2 is 1.67 bits per heavy atom. The van der Waals surface area contributed by atoms with Gasteiger partial charge < -0.3 is 20.3 Å². The molecular weight excluding hydrogens is 454 g/mol. The summed E-state index contributed by atoms with van der Waals surface area (Å²) < 4.78 is 5.44. The Bertz CT molecular complexity index is 861. The lowest BCUT2D eigenvalue weighted by Gasteiger charge is -2.35. The molecule has 0 saturated heterocycles. The third kappa shape index (κ3) is 10.6. The third-order valence-corrected chi connectivity index (χ3v) is 5.93. The van der Waals surface area contributed by atoms with E-state index in [0.29, 0.717) is 25.9 Å². The van der Waals surface area contributed by atoms with Gasteiger partial charge in [-0.25, -0.2) is 4.79 Å². The van der Waals surface area contributed by atoms with Crippen molar-refractivity contribution in [3.63, 3.8) is 0 Å². The van der Waals surface area contributed by atoms with Crippen LogP contribution in [0.2, 0.25) is 0 Å². The van der Waals surface area contributed by atoms with Gasteiger partial charge in [0.25, 0.3) is 0 Å². The first-order valence-electron chi connectivity index (χ1n) is 13.5. The van der Waals surface area contributed by atoms with Crippen LogP contribution in [-0.2, 0) is 14.3 Å². The van der Waals surface area contributed by atoms with Crippen LogP contribution in [0.1, 0.15) is 103 Å². The van der Waals surface area contributed by atoms with Crippen molar-refractivity contribution >= 4 is 17.9 Å². The van der Waals surface area contributed by atoms with E-state index in [0.717, 1.165) is 36.0 Å². The number of unbranched alkanes of at least 4 members (excludes halogenated alkanes) is 2. The van der Waals surface area contributed by atoms with Crippen molar-refractivity contribution in [3.05, 3.63) is 34.9 Å². The van der Waals surface area contributed by atoms with E-state index in [2.05, 4.69) is 17.6 Å². The molecule has 3 amide bonds.